The first-order chi connectivity index (χ1) is 9.47. The zero-order chi connectivity index (χ0) is 14.7. The molecule has 2 rings (SSSR count). The summed E-state index contributed by atoms with van der Waals surface area (Å²) in [6.45, 7) is 3.44. The maximum atomic E-state index is 11.9. The summed E-state index contributed by atoms with van der Waals surface area (Å²) < 4.78 is 0. The number of anilines is 1. The number of hydrogen-bond donors (Lipinski definition) is 1. The van der Waals surface area contributed by atoms with Gasteiger partial charge in [-0.25, -0.2) is 0 Å². The Labute approximate surface area is 121 Å². The molecule has 1 N–H and O–H groups in total. The Kier molecular flexibility index (Phi) is 4.44. The lowest BCUT2D eigenvalue weighted by Gasteiger charge is -2.27. The number of hydrogen-bond acceptors (Lipinski definition) is 4. The second kappa shape index (κ2) is 6.09. The zero-order valence-corrected chi connectivity index (χ0v) is 12.2. The molecule has 0 saturated carbocycles. The van der Waals surface area contributed by atoms with E-state index in [9.17, 15) is 14.4 Å². The lowest BCUT2D eigenvalue weighted by Crippen LogP contribution is -2.49. The van der Waals surface area contributed by atoms with E-state index in [0.29, 0.717) is 5.69 Å². The third-order valence-electron chi connectivity index (χ3n) is 2.98. The molecule has 1 aromatic carbocycles. The molecule has 1 aliphatic heterocycles. The van der Waals surface area contributed by atoms with Crippen LogP contribution < -0.4 is 5.32 Å². The molecule has 5 nitrogen and oxygen atoms in total. The monoisotopic (exact) mass is 292 g/mol. The van der Waals surface area contributed by atoms with Gasteiger partial charge in [-0.2, -0.15) is 0 Å². The highest BCUT2D eigenvalue weighted by Gasteiger charge is 2.33. The Bertz CT molecular complexity index is 559. The van der Waals surface area contributed by atoms with Crippen LogP contribution in [0.5, 0.6) is 0 Å². The maximum Gasteiger partial charge on any atom is 0.244 e. The predicted molar refractivity (Wildman–Crippen MR) is 78.4 cm³/mol. The van der Waals surface area contributed by atoms with E-state index in [1.54, 1.807) is 13.0 Å². The molecule has 1 heterocycles. The Morgan fingerprint density at radius 3 is 2.90 bits per heavy atom. The standard InChI is InChI=1S/C14H16N2O3S/c1-9-4-3-5-11(6-9)15-12(17)7-16-13(18)8-20-10(2)14(16)19/h3-6,10H,7-8H2,1-2H3,(H,15,17)/t10-/m1/s1. The lowest BCUT2D eigenvalue weighted by molar-refractivity contribution is -0.145. The fourth-order valence-electron chi connectivity index (χ4n) is 1.92. The van der Waals surface area contributed by atoms with Crippen LogP contribution in [0.4, 0.5) is 5.69 Å². The molecule has 0 radical (unpaired) electrons. The summed E-state index contributed by atoms with van der Waals surface area (Å²) in [6.07, 6.45) is 0. The van der Waals surface area contributed by atoms with Gasteiger partial charge < -0.3 is 5.32 Å². The second-order valence-corrected chi connectivity index (χ2v) is 6.02. The zero-order valence-electron chi connectivity index (χ0n) is 11.4. The first-order valence-corrected chi connectivity index (χ1v) is 7.34. The molecule has 1 aliphatic rings. The molecule has 3 amide bonds. The summed E-state index contributed by atoms with van der Waals surface area (Å²) in [5.74, 6) is -0.732. The van der Waals surface area contributed by atoms with Crippen molar-refractivity contribution >= 4 is 35.2 Å². The third-order valence-corrected chi connectivity index (χ3v) is 4.09. The summed E-state index contributed by atoms with van der Waals surface area (Å²) in [7, 11) is 0. The predicted octanol–water partition coefficient (Wildman–Crippen LogP) is 1.42. The van der Waals surface area contributed by atoms with E-state index < -0.39 is 0 Å². The maximum absolute atomic E-state index is 11.9. The van der Waals surface area contributed by atoms with Crippen molar-refractivity contribution in [2.45, 2.75) is 19.1 Å². The third kappa shape index (κ3) is 3.39. The number of nitrogens with one attached hydrogen (secondary N) is 1. The minimum absolute atomic E-state index is 0.226. The molecule has 1 saturated heterocycles. The number of nitrogens with zero attached hydrogens (tertiary/aromatic N) is 1. The molecule has 0 spiro atoms. The van der Waals surface area contributed by atoms with Gasteiger partial charge in [-0.1, -0.05) is 12.1 Å². The number of carbonyl (C=O) groups excluding carboxylic acids is 3. The number of benzene rings is 1. The van der Waals surface area contributed by atoms with E-state index >= 15 is 0 Å². The van der Waals surface area contributed by atoms with Gasteiger partial charge in [0.15, 0.2) is 0 Å². The van der Waals surface area contributed by atoms with Crippen molar-refractivity contribution in [3.8, 4) is 0 Å². The largest absolute Gasteiger partial charge is 0.325 e. The van der Waals surface area contributed by atoms with Crippen LogP contribution in [0.2, 0.25) is 0 Å². The molecule has 0 bridgehead atoms. The fourth-order valence-corrected chi connectivity index (χ4v) is 2.74. The SMILES string of the molecule is Cc1cccc(NC(=O)CN2C(=O)CS[C@H](C)C2=O)c1. The second-order valence-electron chi connectivity index (χ2n) is 4.69. The molecule has 0 aromatic heterocycles. The van der Waals surface area contributed by atoms with Crippen LogP contribution in [-0.2, 0) is 14.4 Å². The topological polar surface area (TPSA) is 66.5 Å². The minimum atomic E-state index is -0.364. The molecule has 1 atom stereocenters. The summed E-state index contributed by atoms with van der Waals surface area (Å²) in [4.78, 5) is 36.5. The fraction of sp³-hybridized carbons (Fsp3) is 0.357. The van der Waals surface area contributed by atoms with Gasteiger partial charge in [0.1, 0.15) is 6.54 Å². The van der Waals surface area contributed by atoms with E-state index in [2.05, 4.69) is 5.32 Å². The van der Waals surface area contributed by atoms with Gasteiger partial charge in [0.2, 0.25) is 17.7 Å². The normalized spacial score (nSPS) is 19.1. The Balaban J connectivity index is 2.00. The van der Waals surface area contributed by atoms with E-state index in [4.69, 9.17) is 0 Å². The highest BCUT2D eigenvalue weighted by molar-refractivity contribution is 8.01. The van der Waals surface area contributed by atoms with Crippen molar-refractivity contribution in [3.05, 3.63) is 29.8 Å². The van der Waals surface area contributed by atoms with Gasteiger partial charge in [-0.15, -0.1) is 11.8 Å². The van der Waals surface area contributed by atoms with Crippen molar-refractivity contribution in [2.24, 2.45) is 0 Å². The van der Waals surface area contributed by atoms with Crippen molar-refractivity contribution in [1.29, 1.82) is 0 Å². The van der Waals surface area contributed by atoms with E-state index in [0.717, 1.165) is 10.5 Å². The van der Waals surface area contributed by atoms with E-state index in [1.807, 2.05) is 25.1 Å². The number of imide groups is 1. The van der Waals surface area contributed by atoms with Crippen LogP contribution in [0.1, 0.15) is 12.5 Å². The van der Waals surface area contributed by atoms with Crippen LogP contribution in [0, 0.1) is 6.92 Å². The Morgan fingerprint density at radius 2 is 2.20 bits per heavy atom. The molecule has 1 fully saturated rings. The summed E-state index contributed by atoms with van der Waals surface area (Å²) in [5, 5.41) is 2.42. The van der Waals surface area contributed by atoms with Gasteiger partial charge >= 0.3 is 0 Å². The molecule has 0 aliphatic carbocycles. The molecule has 106 valence electrons. The highest BCUT2D eigenvalue weighted by Crippen LogP contribution is 2.20. The number of amides is 3. The first-order valence-electron chi connectivity index (χ1n) is 6.29. The van der Waals surface area contributed by atoms with Crippen molar-refractivity contribution in [3.63, 3.8) is 0 Å². The highest BCUT2D eigenvalue weighted by atomic mass is 32.2. The van der Waals surface area contributed by atoms with E-state index in [-0.39, 0.29) is 35.3 Å². The molecule has 20 heavy (non-hydrogen) atoms. The summed E-state index contributed by atoms with van der Waals surface area (Å²) >= 11 is 1.30. The van der Waals surface area contributed by atoms with Gasteiger partial charge in [0, 0.05) is 5.69 Å². The average molecular weight is 292 g/mol. The number of thioether (sulfide) groups is 1. The number of carbonyl (C=O) groups is 3. The average Bonchev–Trinajstić information content (AvgIpc) is 2.39. The quantitative estimate of drug-likeness (QED) is 0.856. The smallest absolute Gasteiger partial charge is 0.244 e. The molecule has 1 aromatic rings. The number of aryl methyl sites for hydroxylation is 1. The molecule has 6 heteroatoms. The van der Waals surface area contributed by atoms with Gasteiger partial charge in [-0.3, -0.25) is 19.3 Å². The van der Waals surface area contributed by atoms with Crippen LogP contribution in [0.25, 0.3) is 0 Å². The Morgan fingerprint density at radius 1 is 1.45 bits per heavy atom. The number of rotatable bonds is 3. The van der Waals surface area contributed by atoms with Crippen LogP contribution in [-0.4, -0.2) is 40.2 Å². The molecular formula is C14H16N2O3S. The van der Waals surface area contributed by atoms with Gasteiger partial charge in [0.05, 0.1) is 11.0 Å². The molecule has 0 unspecified atom stereocenters. The van der Waals surface area contributed by atoms with Gasteiger partial charge in [0.25, 0.3) is 0 Å². The van der Waals surface area contributed by atoms with E-state index in [1.165, 1.54) is 11.8 Å². The van der Waals surface area contributed by atoms with Crippen LogP contribution >= 0.6 is 11.8 Å². The Hall–Kier alpha value is -1.82. The van der Waals surface area contributed by atoms with Crippen molar-refractivity contribution < 1.29 is 14.4 Å². The summed E-state index contributed by atoms with van der Waals surface area (Å²) in [5.41, 5.74) is 1.69. The first kappa shape index (κ1) is 14.6. The summed E-state index contributed by atoms with van der Waals surface area (Å²) in [6, 6.07) is 7.35. The lowest BCUT2D eigenvalue weighted by atomic mass is 10.2. The molecular weight excluding hydrogens is 276 g/mol. The van der Waals surface area contributed by atoms with Crippen LogP contribution in [0.15, 0.2) is 24.3 Å². The van der Waals surface area contributed by atoms with Gasteiger partial charge in [-0.05, 0) is 31.5 Å². The van der Waals surface area contributed by atoms with Crippen molar-refractivity contribution in [2.75, 3.05) is 17.6 Å². The van der Waals surface area contributed by atoms with Crippen LogP contribution in [0.3, 0.4) is 0 Å². The minimum Gasteiger partial charge on any atom is -0.325 e. The van der Waals surface area contributed by atoms with Crippen molar-refractivity contribution in [1.82, 2.24) is 4.90 Å².